The maximum atomic E-state index is 12.5. The van der Waals surface area contributed by atoms with Crippen LogP contribution in [0.15, 0.2) is 48.5 Å². The molecule has 6 heteroatoms. The van der Waals surface area contributed by atoms with E-state index < -0.39 is 18.0 Å². The van der Waals surface area contributed by atoms with Crippen LogP contribution in [0.5, 0.6) is 11.5 Å². The highest BCUT2D eigenvalue weighted by Crippen LogP contribution is 2.28. The molecule has 2 aromatic carbocycles. The third-order valence-electron chi connectivity index (χ3n) is 5.83. The zero-order valence-electron chi connectivity index (χ0n) is 17.8. The Morgan fingerprint density at radius 2 is 1.35 bits per heavy atom. The molecule has 2 aromatic rings. The van der Waals surface area contributed by atoms with Gasteiger partial charge >= 0.3 is 11.9 Å². The van der Waals surface area contributed by atoms with Crippen molar-refractivity contribution in [2.24, 2.45) is 0 Å². The van der Waals surface area contributed by atoms with E-state index in [1.54, 1.807) is 24.3 Å². The van der Waals surface area contributed by atoms with Gasteiger partial charge in [-0.1, -0.05) is 24.3 Å². The summed E-state index contributed by atoms with van der Waals surface area (Å²) in [4.78, 5) is 24.8. The molecule has 1 atom stereocenters. The number of esters is 2. The smallest absolute Gasteiger partial charge is 0.351 e. The second-order valence-corrected chi connectivity index (χ2v) is 8.12. The average Bonchev–Trinajstić information content (AvgIpc) is 2.73. The highest BCUT2D eigenvalue weighted by Gasteiger charge is 2.27. The van der Waals surface area contributed by atoms with Crippen LogP contribution in [0, 0.1) is 0 Å². The van der Waals surface area contributed by atoms with Crippen LogP contribution in [0.1, 0.15) is 55.8 Å². The van der Waals surface area contributed by atoms with Crippen LogP contribution in [0.2, 0.25) is 0 Å². The highest BCUT2D eigenvalue weighted by atomic mass is 16.6. The van der Waals surface area contributed by atoms with E-state index in [9.17, 15) is 9.59 Å². The van der Waals surface area contributed by atoms with Crippen molar-refractivity contribution in [2.45, 2.75) is 63.3 Å². The Morgan fingerprint density at radius 1 is 0.839 bits per heavy atom. The van der Waals surface area contributed by atoms with E-state index in [-0.39, 0.29) is 12.5 Å². The van der Waals surface area contributed by atoms with Gasteiger partial charge in [0.1, 0.15) is 11.5 Å². The molecule has 0 saturated heterocycles. The van der Waals surface area contributed by atoms with Crippen LogP contribution >= 0.6 is 0 Å². The molecule has 2 aliphatic carbocycles. The lowest BCUT2D eigenvalue weighted by Crippen LogP contribution is -2.24. The molecule has 2 aliphatic rings. The lowest BCUT2D eigenvalue weighted by Gasteiger charge is -2.26. The predicted molar refractivity (Wildman–Crippen MR) is 114 cm³/mol. The minimum Gasteiger partial charge on any atom is -0.490 e. The van der Waals surface area contributed by atoms with Crippen LogP contribution in [0.25, 0.3) is 0 Å². The normalized spacial score (nSPS) is 17.1. The van der Waals surface area contributed by atoms with Gasteiger partial charge in [0.2, 0.25) is 6.10 Å². The number of carbonyl (C=O) groups is 2. The van der Waals surface area contributed by atoms with Crippen LogP contribution in [0.3, 0.4) is 0 Å². The van der Waals surface area contributed by atoms with Crippen molar-refractivity contribution in [1.29, 1.82) is 0 Å². The zero-order chi connectivity index (χ0) is 21.6. The molecule has 0 amide bonds. The number of ether oxygens (including phenoxy) is 4. The summed E-state index contributed by atoms with van der Waals surface area (Å²) in [6, 6.07) is 14.4. The topological polar surface area (TPSA) is 71.1 Å². The largest absolute Gasteiger partial charge is 0.490 e. The summed E-state index contributed by atoms with van der Waals surface area (Å²) in [7, 11) is 1.28. The molecule has 0 aromatic heterocycles. The molecule has 0 aliphatic heterocycles. The SMILES string of the molecule is COC(=O)C(OC(=O)Cc1ccc(OC2CCC2)cc1)c1ccc(OC2CCC2)cc1. The maximum absolute atomic E-state index is 12.5. The van der Waals surface area contributed by atoms with Crippen molar-refractivity contribution in [2.75, 3.05) is 7.11 Å². The lowest BCUT2D eigenvalue weighted by atomic mass is 9.96. The van der Waals surface area contributed by atoms with Crippen LogP contribution in [0.4, 0.5) is 0 Å². The Balaban J connectivity index is 1.35. The van der Waals surface area contributed by atoms with E-state index in [1.807, 2.05) is 24.3 Å². The first-order chi connectivity index (χ1) is 15.1. The van der Waals surface area contributed by atoms with Crippen molar-refractivity contribution in [3.8, 4) is 11.5 Å². The first-order valence-corrected chi connectivity index (χ1v) is 10.9. The third-order valence-corrected chi connectivity index (χ3v) is 5.83. The van der Waals surface area contributed by atoms with E-state index >= 15 is 0 Å². The molecular weight excluding hydrogens is 396 g/mol. The van der Waals surface area contributed by atoms with Crippen LogP contribution in [-0.4, -0.2) is 31.3 Å². The molecule has 6 nitrogen and oxygen atoms in total. The van der Waals surface area contributed by atoms with E-state index in [1.165, 1.54) is 20.0 Å². The van der Waals surface area contributed by atoms with Crippen molar-refractivity contribution in [3.05, 3.63) is 59.7 Å². The van der Waals surface area contributed by atoms with Crippen LogP contribution in [-0.2, 0) is 25.5 Å². The molecule has 2 fully saturated rings. The Labute approximate surface area is 182 Å². The van der Waals surface area contributed by atoms with Gasteiger partial charge in [0.05, 0.1) is 25.7 Å². The quantitative estimate of drug-likeness (QED) is 0.550. The van der Waals surface area contributed by atoms with Crippen molar-refractivity contribution >= 4 is 11.9 Å². The minimum atomic E-state index is -1.11. The number of hydrogen-bond donors (Lipinski definition) is 0. The summed E-state index contributed by atoms with van der Waals surface area (Å²) in [5, 5.41) is 0. The molecule has 1 unspecified atom stereocenters. The number of methoxy groups -OCH3 is 1. The van der Waals surface area contributed by atoms with E-state index in [0.29, 0.717) is 11.7 Å². The number of carbonyl (C=O) groups excluding carboxylic acids is 2. The van der Waals surface area contributed by atoms with Gasteiger partial charge in [0.15, 0.2) is 0 Å². The van der Waals surface area contributed by atoms with Crippen molar-refractivity contribution in [1.82, 2.24) is 0 Å². The summed E-state index contributed by atoms with van der Waals surface area (Å²) in [6.07, 6.45) is 6.25. The van der Waals surface area contributed by atoms with Gasteiger partial charge in [-0.25, -0.2) is 4.79 Å². The van der Waals surface area contributed by atoms with Gasteiger partial charge < -0.3 is 18.9 Å². The molecule has 2 saturated carbocycles. The molecule has 0 bridgehead atoms. The van der Waals surface area contributed by atoms with E-state index in [4.69, 9.17) is 18.9 Å². The fraction of sp³-hybridized carbons (Fsp3) is 0.440. The molecule has 164 valence electrons. The molecule has 0 radical (unpaired) electrons. The Bertz CT molecular complexity index is 881. The average molecular weight is 424 g/mol. The third kappa shape index (κ3) is 5.57. The fourth-order valence-electron chi connectivity index (χ4n) is 3.47. The van der Waals surface area contributed by atoms with Gasteiger partial charge in [-0.2, -0.15) is 0 Å². The van der Waals surface area contributed by atoms with Crippen molar-refractivity contribution < 1.29 is 28.5 Å². The van der Waals surface area contributed by atoms with Gasteiger partial charge in [-0.05, 0) is 68.4 Å². The lowest BCUT2D eigenvalue weighted by molar-refractivity contribution is -0.166. The van der Waals surface area contributed by atoms with E-state index in [0.717, 1.165) is 42.7 Å². The van der Waals surface area contributed by atoms with Crippen LogP contribution < -0.4 is 9.47 Å². The summed E-state index contributed by atoms with van der Waals surface area (Å²) in [6.45, 7) is 0. The standard InChI is InChI=1S/C25H28O6/c1-28-25(27)24(18-10-14-22(15-11-18)30-20-6-3-7-20)31-23(26)16-17-8-12-21(13-9-17)29-19-4-2-5-19/h8-15,19-20,24H,2-7,16H2,1H3. The number of rotatable bonds is 9. The molecule has 4 rings (SSSR count). The Kier molecular flexibility index (Phi) is 6.75. The first kappa shape index (κ1) is 21.2. The Hall–Kier alpha value is -3.02. The molecule has 0 heterocycles. The second kappa shape index (κ2) is 9.86. The van der Waals surface area contributed by atoms with Gasteiger partial charge in [-0.3, -0.25) is 4.79 Å². The predicted octanol–water partition coefficient (Wildman–Crippen LogP) is 4.55. The summed E-state index contributed by atoms with van der Waals surface area (Å²) < 4.78 is 22.0. The monoisotopic (exact) mass is 424 g/mol. The highest BCUT2D eigenvalue weighted by molar-refractivity contribution is 5.81. The molecule has 31 heavy (non-hydrogen) atoms. The summed E-state index contributed by atoms with van der Waals surface area (Å²) in [5.74, 6) is 0.425. The zero-order valence-corrected chi connectivity index (χ0v) is 17.8. The summed E-state index contributed by atoms with van der Waals surface area (Å²) >= 11 is 0. The van der Waals surface area contributed by atoms with Gasteiger partial charge in [-0.15, -0.1) is 0 Å². The molecule has 0 N–H and O–H groups in total. The Morgan fingerprint density at radius 3 is 1.81 bits per heavy atom. The molecule has 0 spiro atoms. The van der Waals surface area contributed by atoms with E-state index in [2.05, 4.69) is 0 Å². The fourth-order valence-corrected chi connectivity index (χ4v) is 3.47. The van der Waals surface area contributed by atoms with Gasteiger partial charge in [0, 0.05) is 5.56 Å². The second-order valence-electron chi connectivity index (χ2n) is 8.12. The van der Waals surface area contributed by atoms with Crippen molar-refractivity contribution in [3.63, 3.8) is 0 Å². The number of hydrogen-bond acceptors (Lipinski definition) is 6. The van der Waals surface area contributed by atoms with Gasteiger partial charge in [0.25, 0.3) is 0 Å². The molecular formula is C25H28O6. The minimum absolute atomic E-state index is 0.0556. The maximum Gasteiger partial charge on any atom is 0.351 e. The number of benzene rings is 2. The summed E-state index contributed by atoms with van der Waals surface area (Å²) in [5.41, 5.74) is 1.34. The first-order valence-electron chi connectivity index (χ1n) is 10.9.